The molecule has 1 amide bonds. The molecule has 32 heavy (non-hydrogen) atoms. The topological polar surface area (TPSA) is 106 Å². The van der Waals surface area contributed by atoms with E-state index in [1.807, 2.05) is 0 Å². The number of rotatable bonds is 6. The van der Waals surface area contributed by atoms with Crippen LogP contribution in [0, 0.1) is 12.7 Å². The van der Waals surface area contributed by atoms with E-state index in [2.05, 4.69) is 4.72 Å². The molecule has 4 rings (SSSR count). The maximum Gasteiger partial charge on any atom is 0.339 e. The number of nitrogens with zero attached hydrogens (tertiary/aromatic N) is 1. The first-order valence-electron chi connectivity index (χ1n) is 9.66. The molecular weight excluding hydrogens is 439 g/mol. The Labute approximate surface area is 183 Å². The normalized spacial score (nSPS) is 14.0. The number of benzene rings is 2. The van der Waals surface area contributed by atoms with E-state index in [9.17, 15) is 22.4 Å². The Morgan fingerprint density at radius 1 is 1.12 bits per heavy atom. The summed E-state index contributed by atoms with van der Waals surface area (Å²) >= 11 is 0. The third-order valence-corrected chi connectivity index (χ3v) is 6.23. The number of hydrogen-bond donors (Lipinski definition) is 1. The zero-order valence-electron chi connectivity index (χ0n) is 16.9. The van der Waals surface area contributed by atoms with Crippen LogP contribution in [0.15, 0.2) is 74.8 Å². The quantitative estimate of drug-likeness (QED) is 0.609. The van der Waals surface area contributed by atoms with E-state index in [-0.39, 0.29) is 17.7 Å². The molecule has 2 heterocycles. The molecule has 0 spiro atoms. The number of likely N-dealkylation sites (tertiary alicyclic amines) is 1. The first-order valence-corrected chi connectivity index (χ1v) is 11.1. The predicted molar refractivity (Wildman–Crippen MR) is 114 cm³/mol. The van der Waals surface area contributed by atoms with Gasteiger partial charge in [0, 0.05) is 17.3 Å². The smallest absolute Gasteiger partial charge is 0.339 e. The van der Waals surface area contributed by atoms with Crippen LogP contribution in [0.3, 0.4) is 0 Å². The molecule has 1 aliphatic heterocycles. The standard InChI is InChI=1S/C22H19FN2O6S/c1-14-10-17(11-21(26)30-14)31-18-12-25(13-18)22(27)15-6-8-16(9-7-15)24-32(28,29)20-5-3-2-4-19(20)23/h2-11,18,24H,12-13H2,1H3. The summed E-state index contributed by atoms with van der Waals surface area (Å²) in [6.07, 6.45) is -0.244. The first-order chi connectivity index (χ1) is 15.2. The van der Waals surface area contributed by atoms with Gasteiger partial charge >= 0.3 is 5.63 Å². The van der Waals surface area contributed by atoms with Crippen LogP contribution in [-0.4, -0.2) is 38.4 Å². The first kappa shape index (κ1) is 21.6. The highest BCUT2D eigenvalue weighted by Crippen LogP contribution is 2.22. The predicted octanol–water partition coefficient (Wildman–Crippen LogP) is 2.79. The fraction of sp³-hybridized carbons (Fsp3) is 0.182. The van der Waals surface area contributed by atoms with Gasteiger partial charge < -0.3 is 14.1 Å². The summed E-state index contributed by atoms with van der Waals surface area (Å²) in [5.41, 5.74) is 0.0689. The third-order valence-electron chi connectivity index (χ3n) is 4.82. The molecule has 1 fully saturated rings. The van der Waals surface area contributed by atoms with E-state index >= 15 is 0 Å². The second-order valence-electron chi connectivity index (χ2n) is 7.29. The molecule has 3 aromatic rings. The van der Waals surface area contributed by atoms with E-state index in [4.69, 9.17) is 9.15 Å². The van der Waals surface area contributed by atoms with Gasteiger partial charge in [-0.1, -0.05) is 12.1 Å². The second kappa shape index (κ2) is 8.46. The van der Waals surface area contributed by atoms with Crippen molar-refractivity contribution in [1.82, 2.24) is 4.90 Å². The third kappa shape index (κ3) is 4.65. The van der Waals surface area contributed by atoms with E-state index in [0.29, 0.717) is 30.2 Å². The van der Waals surface area contributed by atoms with Gasteiger partial charge in [-0.15, -0.1) is 0 Å². The second-order valence-corrected chi connectivity index (χ2v) is 8.94. The average Bonchev–Trinajstić information content (AvgIpc) is 2.70. The molecule has 0 unspecified atom stereocenters. The number of carbonyl (C=O) groups excluding carboxylic acids is 1. The number of sulfonamides is 1. The van der Waals surface area contributed by atoms with E-state index in [1.165, 1.54) is 48.5 Å². The van der Waals surface area contributed by atoms with Crippen molar-refractivity contribution in [3.05, 3.63) is 88.2 Å². The number of nitrogens with one attached hydrogen (secondary N) is 1. The highest BCUT2D eigenvalue weighted by Gasteiger charge is 2.33. The maximum atomic E-state index is 13.8. The Kier molecular flexibility index (Phi) is 5.70. The van der Waals surface area contributed by atoms with Crippen molar-refractivity contribution < 1.29 is 26.8 Å². The van der Waals surface area contributed by atoms with Crippen molar-refractivity contribution in [2.75, 3.05) is 17.8 Å². The molecule has 1 N–H and O–H groups in total. The summed E-state index contributed by atoms with van der Waals surface area (Å²) in [5, 5.41) is 0. The van der Waals surface area contributed by atoms with Gasteiger partial charge in [-0.05, 0) is 43.3 Å². The molecule has 0 bridgehead atoms. The number of aryl methyl sites for hydroxylation is 1. The molecule has 0 saturated carbocycles. The summed E-state index contributed by atoms with van der Waals surface area (Å²) in [6, 6.07) is 13.8. The van der Waals surface area contributed by atoms with Gasteiger partial charge in [-0.25, -0.2) is 17.6 Å². The number of amides is 1. The van der Waals surface area contributed by atoms with Crippen molar-refractivity contribution in [3.8, 4) is 5.75 Å². The summed E-state index contributed by atoms with van der Waals surface area (Å²) in [4.78, 5) is 25.1. The van der Waals surface area contributed by atoms with Gasteiger partial charge in [0.1, 0.15) is 28.3 Å². The van der Waals surface area contributed by atoms with Gasteiger partial charge in [0.25, 0.3) is 15.9 Å². The van der Waals surface area contributed by atoms with Crippen LogP contribution in [0.2, 0.25) is 0 Å². The van der Waals surface area contributed by atoms with E-state index in [1.54, 1.807) is 17.9 Å². The molecule has 166 valence electrons. The molecule has 0 atom stereocenters. The number of ether oxygens (including phenoxy) is 1. The van der Waals surface area contributed by atoms with Crippen LogP contribution in [0.25, 0.3) is 0 Å². The van der Waals surface area contributed by atoms with E-state index in [0.717, 1.165) is 6.07 Å². The van der Waals surface area contributed by atoms with Gasteiger partial charge in [-0.2, -0.15) is 0 Å². The Hall–Kier alpha value is -3.66. The van der Waals surface area contributed by atoms with Crippen LogP contribution >= 0.6 is 0 Å². The fourth-order valence-corrected chi connectivity index (χ4v) is 4.39. The molecule has 8 nitrogen and oxygen atoms in total. The van der Waals surface area contributed by atoms with Crippen molar-refractivity contribution >= 4 is 21.6 Å². The lowest BCUT2D eigenvalue weighted by molar-refractivity contribution is 0.0175. The minimum atomic E-state index is -4.10. The molecule has 2 aromatic carbocycles. The number of hydrogen-bond acceptors (Lipinski definition) is 6. The summed E-state index contributed by atoms with van der Waals surface area (Å²) in [6.45, 7) is 2.34. The van der Waals surface area contributed by atoms with Crippen LogP contribution in [0.4, 0.5) is 10.1 Å². The lowest BCUT2D eigenvalue weighted by atomic mass is 10.1. The minimum absolute atomic E-state index is 0.202. The highest BCUT2D eigenvalue weighted by molar-refractivity contribution is 7.92. The number of anilines is 1. The molecule has 0 aliphatic carbocycles. The van der Waals surface area contributed by atoms with Crippen molar-refractivity contribution in [2.45, 2.75) is 17.9 Å². The number of carbonyl (C=O) groups is 1. The lowest BCUT2D eigenvalue weighted by Crippen LogP contribution is -2.56. The average molecular weight is 458 g/mol. The van der Waals surface area contributed by atoms with Gasteiger partial charge in [0.05, 0.1) is 19.2 Å². The van der Waals surface area contributed by atoms with Crippen molar-refractivity contribution in [3.63, 3.8) is 0 Å². The minimum Gasteiger partial charge on any atom is -0.486 e. The molecule has 1 aliphatic rings. The fourth-order valence-electron chi connectivity index (χ4n) is 3.25. The van der Waals surface area contributed by atoms with Gasteiger partial charge in [0.2, 0.25) is 0 Å². The zero-order chi connectivity index (χ0) is 22.9. The molecule has 1 aromatic heterocycles. The summed E-state index contributed by atoms with van der Waals surface area (Å²) in [7, 11) is -4.10. The molecular formula is C22H19FN2O6S. The van der Waals surface area contributed by atoms with Crippen LogP contribution in [0.1, 0.15) is 16.1 Å². The van der Waals surface area contributed by atoms with Crippen LogP contribution in [0.5, 0.6) is 5.75 Å². The number of halogens is 1. The molecule has 10 heteroatoms. The maximum absolute atomic E-state index is 13.8. The Morgan fingerprint density at radius 2 is 1.81 bits per heavy atom. The Balaban J connectivity index is 1.36. The van der Waals surface area contributed by atoms with Crippen molar-refractivity contribution in [2.24, 2.45) is 0 Å². The monoisotopic (exact) mass is 458 g/mol. The Bertz CT molecular complexity index is 1310. The van der Waals surface area contributed by atoms with Crippen molar-refractivity contribution in [1.29, 1.82) is 0 Å². The molecule has 0 radical (unpaired) electrons. The molecule has 1 saturated heterocycles. The highest BCUT2D eigenvalue weighted by atomic mass is 32.2. The summed E-state index contributed by atoms with van der Waals surface area (Å²) in [5.74, 6) is -0.266. The van der Waals surface area contributed by atoms with E-state index < -0.39 is 26.4 Å². The lowest BCUT2D eigenvalue weighted by Gasteiger charge is -2.39. The van der Waals surface area contributed by atoms with Gasteiger partial charge in [-0.3, -0.25) is 9.52 Å². The largest absolute Gasteiger partial charge is 0.486 e. The summed E-state index contributed by atoms with van der Waals surface area (Å²) < 4.78 is 51.4. The van der Waals surface area contributed by atoms with Gasteiger partial charge in [0.15, 0.2) is 0 Å². The van der Waals surface area contributed by atoms with Crippen LogP contribution < -0.4 is 15.1 Å². The van der Waals surface area contributed by atoms with Crippen LogP contribution in [-0.2, 0) is 10.0 Å². The zero-order valence-corrected chi connectivity index (χ0v) is 17.8. The Morgan fingerprint density at radius 3 is 2.47 bits per heavy atom. The SMILES string of the molecule is Cc1cc(OC2CN(C(=O)c3ccc(NS(=O)(=O)c4ccccc4F)cc3)C2)cc(=O)o1.